The van der Waals surface area contributed by atoms with Gasteiger partial charge < -0.3 is 15.5 Å². The summed E-state index contributed by atoms with van der Waals surface area (Å²) < 4.78 is 0. The molecule has 0 aliphatic carbocycles. The lowest BCUT2D eigenvalue weighted by molar-refractivity contribution is -0.128. The van der Waals surface area contributed by atoms with Gasteiger partial charge in [-0.25, -0.2) is 9.97 Å². The van der Waals surface area contributed by atoms with Crippen LogP contribution in [0.4, 0.5) is 11.6 Å². The average Bonchev–Trinajstić information content (AvgIpc) is 3.04. The molecule has 1 aliphatic rings. The van der Waals surface area contributed by atoms with Crippen molar-refractivity contribution in [2.75, 3.05) is 36.8 Å². The predicted molar refractivity (Wildman–Crippen MR) is 84.5 cm³/mol. The van der Waals surface area contributed by atoms with Gasteiger partial charge in [-0.15, -0.1) is 0 Å². The normalized spacial score (nSPS) is 14.3. The Hall–Kier alpha value is -1.85. The highest BCUT2D eigenvalue weighted by Gasteiger charge is 2.17. The van der Waals surface area contributed by atoms with Crippen LogP contribution >= 0.6 is 0 Å². The van der Waals surface area contributed by atoms with Gasteiger partial charge in [0.1, 0.15) is 17.5 Å². The maximum Gasteiger partial charge on any atom is 0.241 e. The van der Waals surface area contributed by atoms with Crippen LogP contribution in [-0.2, 0) is 11.2 Å². The fourth-order valence-electron chi connectivity index (χ4n) is 2.33. The molecule has 1 aromatic rings. The highest BCUT2D eigenvalue weighted by Crippen LogP contribution is 2.13. The minimum atomic E-state index is 0.146. The van der Waals surface area contributed by atoms with Crippen LogP contribution in [0.5, 0.6) is 0 Å². The lowest BCUT2D eigenvalue weighted by atomic mass is 10.4. The highest BCUT2D eigenvalue weighted by atomic mass is 16.2. The molecule has 21 heavy (non-hydrogen) atoms. The maximum atomic E-state index is 12.0. The first-order valence-corrected chi connectivity index (χ1v) is 7.86. The molecule has 0 bridgehead atoms. The van der Waals surface area contributed by atoms with Crippen LogP contribution in [0, 0.1) is 0 Å². The molecule has 6 nitrogen and oxygen atoms in total. The second kappa shape index (κ2) is 7.81. The quantitative estimate of drug-likeness (QED) is 0.803. The van der Waals surface area contributed by atoms with Crippen molar-refractivity contribution in [1.82, 2.24) is 14.9 Å². The van der Waals surface area contributed by atoms with Crippen molar-refractivity contribution in [3.05, 3.63) is 11.9 Å². The van der Waals surface area contributed by atoms with Crippen LogP contribution in [0.3, 0.4) is 0 Å². The number of rotatable bonds is 7. The summed E-state index contributed by atoms with van der Waals surface area (Å²) in [6.07, 6.45) is 4.05. The molecule has 1 aliphatic heterocycles. The number of aromatic nitrogens is 2. The number of likely N-dealkylation sites (tertiary alicyclic amines) is 1. The number of carbonyl (C=O) groups is 1. The van der Waals surface area contributed by atoms with Crippen molar-refractivity contribution in [3.63, 3.8) is 0 Å². The van der Waals surface area contributed by atoms with Crippen LogP contribution in [0.2, 0.25) is 0 Å². The fourth-order valence-corrected chi connectivity index (χ4v) is 2.33. The molecular weight excluding hydrogens is 266 g/mol. The maximum absolute atomic E-state index is 12.0. The van der Waals surface area contributed by atoms with Crippen molar-refractivity contribution in [3.8, 4) is 0 Å². The fraction of sp³-hybridized carbons (Fsp3) is 0.667. The van der Waals surface area contributed by atoms with Gasteiger partial charge in [-0.2, -0.15) is 0 Å². The Morgan fingerprint density at radius 3 is 2.48 bits per heavy atom. The Balaban J connectivity index is 1.95. The van der Waals surface area contributed by atoms with E-state index in [0.29, 0.717) is 12.4 Å². The summed E-state index contributed by atoms with van der Waals surface area (Å²) in [6.45, 7) is 7.09. The second-order valence-electron chi connectivity index (χ2n) is 5.28. The van der Waals surface area contributed by atoms with Gasteiger partial charge in [0, 0.05) is 32.1 Å². The van der Waals surface area contributed by atoms with Crippen molar-refractivity contribution < 1.29 is 4.79 Å². The zero-order valence-corrected chi connectivity index (χ0v) is 13.0. The summed E-state index contributed by atoms with van der Waals surface area (Å²) in [5, 5.41) is 6.40. The predicted octanol–water partition coefficient (Wildman–Crippen LogP) is 1.90. The minimum absolute atomic E-state index is 0.146. The summed E-state index contributed by atoms with van der Waals surface area (Å²) in [5.41, 5.74) is 0. The van der Waals surface area contributed by atoms with Gasteiger partial charge in [-0.05, 0) is 19.3 Å². The molecule has 1 aromatic heterocycles. The van der Waals surface area contributed by atoms with Crippen LogP contribution in [0.25, 0.3) is 0 Å². The van der Waals surface area contributed by atoms with E-state index in [-0.39, 0.29) is 5.91 Å². The molecule has 0 radical (unpaired) electrons. The molecule has 2 heterocycles. The van der Waals surface area contributed by atoms with Crippen molar-refractivity contribution in [2.24, 2.45) is 0 Å². The van der Waals surface area contributed by atoms with Gasteiger partial charge in [0.2, 0.25) is 5.91 Å². The Bertz CT molecular complexity index is 471. The number of aryl methyl sites for hydroxylation is 1. The van der Waals surface area contributed by atoms with Gasteiger partial charge in [-0.3, -0.25) is 4.79 Å². The first kappa shape index (κ1) is 15.5. The van der Waals surface area contributed by atoms with E-state index < -0.39 is 0 Å². The number of nitrogens with one attached hydrogen (secondary N) is 2. The number of anilines is 2. The topological polar surface area (TPSA) is 70.2 Å². The lowest BCUT2D eigenvalue weighted by Crippen LogP contribution is -2.33. The number of nitrogens with zero attached hydrogens (tertiary/aromatic N) is 3. The molecule has 1 saturated heterocycles. The highest BCUT2D eigenvalue weighted by molar-refractivity contribution is 5.80. The van der Waals surface area contributed by atoms with E-state index in [1.165, 1.54) is 0 Å². The monoisotopic (exact) mass is 291 g/mol. The summed E-state index contributed by atoms with van der Waals surface area (Å²) >= 11 is 0. The van der Waals surface area contributed by atoms with Crippen molar-refractivity contribution in [2.45, 2.75) is 39.5 Å². The third-order valence-electron chi connectivity index (χ3n) is 3.52. The van der Waals surface area contributed by atoms with Gasteiger partial charge >= 0.3 is 0 Å². The molecule has 1 fully saturated rings. The van der Waals surface area contributed by atoms with E-state index >= 15 is 0 Å². The van der Waals surface area contributed by atoms with E-state index in [0.717, 1.165) is 57.0 Å². The smallest absolute Gasteiger partial charge is 0.241 e. The molecule has 0 aromatic carbocycles. The first-order chi connectivity index (χ1) is 10.2. The molecule has 0 saturated carbocycles. The summed E-state index contributed by atoms with van der Waals surface area (Å²) in [5.74, 6) is 2.47. The summed E-state index contributed by atoms with van der Waals surface area (Å²) in [4.78, 5) is 22.8. The molecule has 6 heteroatoms. The second-order valence-corrected chi connectivity index (χ2v) is 5.28. The van der Waals surface area contributed by atoms with Gasteiger partial charge in [0.05, 0.1) is 6.54 Å². The summed E-state index contributed by atoms with van der Waals surface area (Å²) in [7, 11) is 0. The molecule has 116 valence electrons. The molecule has 2 rings (SSSR count). The molecular formula is C15H25N5O. The van der Waals surface area contributed by atoms with E-state index in [9.17, 15) is 4.79 Å². The van der Waals surface area contributed by atoms with Gasteiger partial charge in [0.15, 0.2) is 0 Å². The minimum Gasteiger partial charge on any atom is -0.370 e. The third-order valence-corrected chi connectivity index (χ3v) is 3.52. The van der Waals surface area contributed by atoms with Crippen LogP contribution in [0.1, 0.15) is 38.9 Å². The zero-order chi connectivity index (χ0) is 15.1. The zero-order valence-electron chi connectivity index (χ0n) is 13.0. The van der Waals surface area contributed by atoms with Gasteiger partial charge in [-0.1, -0.05) is 13.8 Å². The lowest BCUT2D eigenvalue weighted by Gasteiger charge is -2.16. The van der Waals surface area contributed by atoms with Gasteiger partial charge in [0.25, 0.3) is 0 Å². The Kier molecular flexibility index (Phi) is 5.78. The SMILES string of the molecule is CCCNc1cc(NCC(=O)N2CCCC2)nc(CC)n1. The number of hydrogen-bond donors (Lipinski definition) is 2. The number of carbonyl (C=O) groups excluding carboxylic acids is 1. The van der Waals surface area contributed by atoms with Crippen LogP contribution in [-0.4, -0.2) is 47.0 Å². The van der Waals surface area contributed by atoms with E-state index in [2.05, 4.69) is 27.5 Å². The number of amides is 1. The van der Waals surface area contributed by atoms with Crippen LogP contribution < -0.4 is 10.6 Å². The average molecular weight is 291 g/mol. The molecule has 0 spiro atoms. The van der Waals surface area contributed by atoms with Crippen molar-refractivity contribution in [1.29, 1.82) is 0 Å². The summed E-state index contributed by atoms with van der Waals surface area (Å²) in [6, 6.07) is 1.87. The first-order valence-electron chi connectivity index (χ1n) is 7.86. The molecule has 2 N–H and O–H groups in total. The van der Waals surface area contributed by atoms with Crippen molar-refractivity contribution >= 4 is 17.5 Å². The molecule has 0 unspecified atom stereocenters. The Morgan fingerprint density at radius 1 is 1.19 bits per heavy atom. The Morgan fingerprint density at radius 2 is 1.86 bits per heavy atom. The largest absolute Gasteiger partial charge is 0.370 e. The Labute approximate surface area is 126 Å². The standard InChI is InChI=1S/C15H25N5O/c1-3-7-16-13-10-14(19-12(4-2)18-13)17-11-15(21)20-8-5-6-9-20/h10H,3-9,11H2,1-2H3,(H2,16,17,18,19). The molecule has 0 atom stereocenters. The van der Waals surface area contributed by atoms with Crippen LogP contribution in [0.15, 0.2) is 6.07 Å². The van der Waals surface area contributed by atoms with E-state index in [1.807, 2.05) is 17.9 Å². The van der Waals surface area contributed by atoms with E-state index in [4.69, 9.17) is 0 Å². The van der Waals surface area contributed by atoms with E-state index in [1.54, 1.807) is 0 Å². The molecule has 1 amide bonds. The third kappa shape index (κ3) is 4.58. The number of hydrogen-bond acceptors (Lipinski definition) is 5.